The second-order valence-electron chi connectivity index (χ2n) is 1.63. The van der Waals surface area contributed by atoms with Crippen LogP contribution in [0.15, 0.2) is 16.8 Å². The molecule has 1 unspecified atom stereocenters. The van der Waals surface area contributed by atoms with Crippen molar-refractivity contribution in [2.24, 2.45) is 4.99 Å². The SMILES string of the molecule is CC1=CC(Cl)NC=N1. The lowest BCUT2D eigenvalue weighted by molar-refractivity contribution is 0.939. The molecule has 0 amide bonds. The Balaban J connectivity index is 2.63. The minimum Gasteiger partial charge on any atom is -0.357 e. The van der Waals surface area contributed by atoms with Gasteiger partial charge in [-0.15, -0.1) is 0 Å². The summed E-state index contributed by atoms with van der Waals surface area (Å²) < 4.78 is 0. The summed E-state index contributed by atoms with van der Waals surface area (Å²) in [7, 11) is 0. The monoisotopic (exact) mass is 130 g/mol. The van der Waals surface area contributed by atoms with Crippen LogP contribution in [0.5, 0.6) is 0 Å². The summed E-state index contributed by atoms with van der Waals surface area (Å²) in [6.07, 6.45) is 3.45. The van der Waals surface area contributed by atoms with Crippen molar-refractivity contribution in [3.63, 3.8) is 0 Å². The molecule has 1 N–H and O–H groups in total. The summed E-state index contributed by atoms with van der Waals surface area (Å²) in [5.41, 5.74) is 0.885. The van der Waals surface area contributed by atoms with Crippen molar-refractivity contribution in [3.8, 4) is 0 Å². The molecule has 0 aromatic heterocycles. The van der Waals surface area contributed by atoms with E-state index in [1.165, 1.54) is 0 Å². The Morgan fingerprint density at radius 2 is 2.62 bits per heavy atom. The molecule has 0 aliphatic carbocycles. The predicted octanol–water partition coefficient (Wildman–Crippen LogP) is 1.09. The van der Waals surface area contributed by atoms with Crippen LogP contribution >= 0.6 is 11.6 Å². The van der Waals surface area contributed by atoms with Crippen LogP contribution < -0.4 is 5.32 Å². The molecule has 3 heteroatoms. The molecular weight excluding hydrogens is 124 g/mol. The van der Waals surface area contributed by atoms with E-state index >= 15 is 0 Å². The third-order valence-electron chi connectivity index (χ3n) is 0.889. The predicted molar refractivity (Wildman–Crippen MR) is 35.0 cm³/mol. The summed E-state index contributed by atoms with van der Waals surface area (Å²) in [6.45, 7) is 1.91. The number of aliphatic imine (C=N–C) groups is 1. The van der Waals surface area contributed by atoms with Gasteiger partial charge in [-0.2, -0.15) is 0 Å². The molecule has 0 saturated heterocycles. The Bertz CT molecular complexity index is 139. The molecule has 0 radical (unpaired) electrons. The molecule has 1 aliphatic rings. The smallest absolute Gasteiger partial charge is 0.123 e. The Morgan fingerprint density at radius 1 is 1.88 bits per heavy atom. The molecule has 1 atom stereocenters. The van der Waals surface area contributed by atoms with E-state index < -0.39 is 0 Å². The molecule has 0 saturated carbocycles. The Kier molecular flexibility index (Phi) is 1.53. The molecule has 1 aliphatic heterocycles. The van der Waals surface area contributed by atoms with Crippen molar-refractivity contribution in [2.45, 2.75) is 12.4 Å². The fraction of sp³-hybridized carbons (Fsp3) is 0.400. The first-order valence-electron chi connectivity index (χ1n) is 2.40. The van der Waals surface area contributed by atoms with Crippen LogP contribution in [0.1, 0.15) is 6.92 Å². The van der Waals surface area contributed by atoms with Crippen molar-refractivity contribution >= 4 is 17.9 Å². The molecule has 2 nitrogen and oxygen atoms in total. The zero-order valence-corrected chi connectivity index (χ0v) is 5.31. The van der Waals surface area contributed by atoms with Crippen LogP contribution in [-0.2, 0) is 0 Å². The van der Waals surface area contributed by atoms with Crippen LogP contribution in [0.4, 0.5) is 0 Å². The third kappa shape index (κ3) is 1.23. The molecule has 0 aromatic carbocycles. The molecule has 1 rings (SSSR count). The molecule has 8 heavy (non-hydrogen) atoms. The highest BCUT2D eigenvalue weighted by atomic mass is 35.5. The molecule has 44 valence electrons. The van der Waals surface area contributed by atoms with Crippen molar-refractivity contribution in [1.82, 2.24) is 5.32 Å². The van der Waals surface area contributed by atoms with Crippen LogP contribution in [0.3, 0.4) is 0 Å². The van der Waals surface area contributed by atoms with Gasteiger partial charge in [0.1, 0.15) is 5.50 Å². The van der Waals surface area contributed by atoms with E-state index in [0.29, 0.717) is 0 Å². The number of rotatable bonds is 0. The van der Waals surface area contributed by atoms with Gasteiger partial charge in [-0.1, -0.05) is 11.6 Å². The van der Waals surface area contributed by atoms with Gasteiger partial charge in [0.25, 0.3) is 0 Å². The van der Waals surface area contributed by atoms with Gasteiger partial charge in [0.15, 0.2) is 0 Å². The lowest BCUT2D eigenvalue weighted by atomic mass is 10.4. The molecule has 0 spiro atoms. The number of nitrogens with one attached hydrogen (secondary N) is 1. The first kappa shape index (κ1) is 5.63. The number of alkyl halides is 1. The van der Waals surface area contributed by atoms with Crippen molar-refractivity contribution < 1.29 is 0 Å². The van der Waals surface area contributed by atoms with E-state index in [4.69, 9.17) is 11.6 Å². The van der Waals surface area contributed by atoms with Gasteiger partial charge in [-0.25, -0.2) is 4.99 Å². The number of allylic oxidation sites excluding steroid dienone is 1. The molecular formula is C5H7ClN2. The van der Waals surface area contributed by atoms with Gasteiger partial charge in [0.2, 0.25) is 0 Å². The Hall–Kier alpha value is -0.500. The average molecular weight is 131 g/mol. The lowest BCUT2D eigenvalue weighted by Crippen LogP contribution is -2.22. The van der Waals surface area contributed by atoms with Gasteiger partial charge < -0.3 is 5.32 Å². The number of nitrogens with zero attached hydrogens (tertiary/aromatic N) is 1. The molecule has 0 bridgehead atoms. The fourth-order valence-corrected chi connectivity index (χ4v) is 0.752. The van der Waals surface area contributed by atoms with Crippen molar-refractivity contribution in [1.29, 1.82) is 0 Å². The quantitative estimate of drug-likeness (QED) is 0.385. The number of hydrogen-bond donors (Lipinski definition) is 1. The maximum absolute atomic E-state index is 5.63. The third-order valence-corrected chi connectivity index (χ3v) is 1.14. The van der Waals surface area contributed by atoms with Crippen molar-refractivity contribution in [3.05, 3.63) is 11.8 Å². The van der Waals surface area contributed by atoms with Gasteiger partial charge in [-0.05, 0) is 13.0 Å². The Labute approximate surface area is 53.3 Å². The number of halogens is 1. The highest BCUT2D eigenvalue weighted by Gasteiger charge is 1.99. The van der Waals surface area contributed by atoms with Crippen molar-refractivity contribution in [2.75, 3.05) is 0 Å². The van der Waals surface area contributed by atoms with Crippen LogP contribution in [0.25, 0.3) is 0 Å². The normalized spacial score (nSPS) is 26.8. The average Bonchev–Trinajstić information content (AvgIpc) is 1.64. The minimum absolute atomic E-state index is 0.0764. The molecule has 1 heterocycles. The largest absolute Gasteiger partial charge is 0.357 e. The number of hydrogen-bond acceptors (Lipinski definition) is 2. The van der Waals surface area contributed by atoms with E-state index in [1.54, 1.807) is 6.34 Å². The first-order valence-corrected chi connectivity index (χ1v) is 2.84. The molecule has 0 aromatic rings. The van der Waals surface area contributed by atoms with E-state index in [-0.39, 0.29) is 5.50 Å². The van der Waals surface area contributed by atoms with E-state index in [2.05, 4.69) is 10.3 Å². The topological polar surface area (TPSA) is 24.4 Å². The minimum atomic E-state index is -0.0764. The maximum Gasteiger partial charge on any atom is 0.123 e. The standard InChI is InChI=1S/C5H7ClN2/c1-4-2-5(6)8-3-7-4/h2-3,5H,1H3,(H,7,8). The summed E-state index contributed by atoms with van der Waals surface area (Å²) in [6, 6.07) is 0. The molecule has 0 fully saturated rings. The van der Waals surface area contributed by atoms with Gasteiger partial charge >= 0.3 is 0 Å². The summed E-state index contributed by atoms with van der Waals surface area (Å²) >= 11 is 5.63. The van der Waals surface area contributed by atoms with Gasteiger partial charge in [-0.3, -0.25) is 0 Å². The highest BCUT2D eigenvalue weighted by molar-refractivity contribution is 6.22. The van der Waals surface area contributed by atoms with E-state index in [1.807, 2.05) is 13.0 Å². The fourth-order valence-electron chi connectivity index (χ4n) is 0.513. The second kappa shape index (κ2) is 2.18. The van der Waals surface area contributed by atoms with E-state index in [0.717, 1.165) is 5.70 Å². The lowest BCUT2D eigenvalue weighted by Gasteiger charge is -2.08. The summed E-state index contributed by atoms with van der Waals surface area (Å²) in [4.78, 5) is 3.92. The second-order valence-corrected chi connectivity index (χ2v) is 2.10. The van der Waals surface area contributed by atoms with E-state index in [9.17, 15) is 0 Å². The van der Waals surface area contributed by atoms with Gasteiger partial charge in [0, 0.05) is 5.70 Å². The Morgan fingerprint density at radius 3 is 3.00 bits per heavy atom. The zero-order chi connectivity index (χ0) is 5.98. The maximum atomic E-state index is 5.63. The highest BCUT2D eigenvalue weighted by Crippen LogP contribution is 2.03. The zero-order valence-electron chi connectivity index (χ0n) is 4.56. The first-order chi connectivity index (χ1) is 3.79. The van der Waals surface area contributed by atoms with Crippen LogP contribution in [-0.4, -0.2) is 11.8 Å². The summed E-state index contributed by atoms with van der Waals surface area (Å²) in [5, 5.41) is 2.81. The summed E-state index contributed by atoms with van der Waals surface area (Å²) in [5.74, 6) is 0. The van der Waals surface area contributed by atoms with Crippen LogP contribution in [0, 0.1) is 0 Å². The van der Waals surface area contributed by atoms with Crippen LogP contribution in [0.2, 0.25) is 0 Å². The van der Waals surface area contributed by atoms with Gasteiger partial charge in [0.05, 0.1) is 6.34 Å².